The first-order valence-electron chi connectivity index (χ1n) is 7.96. The molecule has 9 heteroatoms. The minimum absolute atomic E-state index is 0.239. The van der Waals surface area contributed by atoms with Gasteiger partial charge in [0.05, 0.1) is 41.2 Å². The highest BCUT2D eigenvalue weighted by molar-refractivity contribution is 5.31. The number of hydrogen-bond acceptors (Lipinski definition) is 9. The summed E-state index contributed by atoms with van der Waals surface area (Å²) in [5, 5.41) is 45.3. The summed E-state index contributed by atoms with van der Waals surface area (Å²) in [7, 11) is 0. The van der Waals surface area contributed by atoms with Crippen LogP contribution in [0.25, 0.3) is 0 Å². The summed E-state index contributed by atoms with van der Waals surface area (Å²) in [5.41, 5.74) is 9.39. The van der Waals surface area contributed by atoms with Gasteiger partial charge in [-0.15, -0.1) is 0 Å². The first kappa shape index (κ1) is 26.2. The second-order valence-electron chi connectivity index (χ2n) is 7.17. The molecule has 0 saturated carbocycles. The Labute approximate surface area is 165 Å². The van der Waals surface area contributed by atoms with E-state index in [0.717, 1.165) is 0 Å². The molecule has 1 aromatic heterocycles. The summed E-state index contributed by atoms with van der Waals surface area (Å²) >= 11 is 0. The van der Waals surface area contributed by atoms with Crippen LogP contribution in [-0.2, 0) is 5.41 Å². The van der Waals surface area contributed by atoms with Gasteiger partial charge in [-0.3, -0.25) is 0 Å². The molecule has 0 unspecified atom stereocenters. The van der Waals surface area contributed by atoms with Gasteiger partial charge < -0.3 is 16.0 Å². The van der Waals surface area contributed by atoms with Crippen molar-refractivity contribution in [3.63, 3.8) is 0 Å². The molecule has 9 nitrogen and oxygen atoms in total. The third-order valence-corrected chi connectivity index (χ3v) is 3.23. The number of anilines is 1. The van der Waals surface area contributed by atoms with Gasteiger partial charge in [-0.05, 0) is 41.5 Å². The number of hydrogen-bond donors (Lipinski definition) is 2. The summed E-state index contributed by atoms with van der Waals surface area (Å²) in [5.74, 6) is 0.239. The maximum atomic E-state index is 8.68. The van der Waals surface area contributed by atoms with Gasteiger partial charge in [0.25, 0.3) is 0 Å². The van der Waals surface area contributed by atoms with E-state index < -0.39 is 16.2 Å². The number of allylic oxidation sites excluding steroid dienone is 2. The van der Waals surface area contributed by atoms with Gasteiger partial charge in [0.1, 0.15) is 11.1 Å². The van der Waals surface area contributed by atoms with Crippen molar-refractivity contribution < 1.29 is 4.52 Å². The molecule has 28 heavy (non-hydrogen) atoms. The second-order valence-corrected chi connectivity index (χ2v) is 7.17. The van der Waals surface area contributed by atoms with Crippen molar-refractivity contribution in [3.8, 4) is 30.3 Å². The summed E-state index contributed by atoms with van der Waals surface area (Å²) in [6, 6.07) is 11.1. The first-order valence-corrected chi connectivity index (χ1v) is 7.96. The number of rotatable bonds is 2. The second kappa shape index (κ2) is 10.9. The highest BCUT2D eigenvalue weighted by atomic mass is 16.5. The minimum Gasteiger partial charge on any atom is -0.400 e. The van der Waals surface area contributed by atoms with Crippen molar-refractivity contribution in [3.05, 3.63) is 23.5 Å². The highest BCUT2D eigenvalue weighted by Crippen LogP contribution is 2.22. The zero-order valence-electron chi connectivity index (χ0n) is 16.9. The lowest BCUT2D eigenvalue weighted by Crippen LogP contribution is -2.18. The Bertz CT molecular complexity index is 871. The Morgan fingerprint density at radius 3 is 1.71 bits per heavy atom. The van der Waals surface area contributed by atoms with E-state index in [0.29, 0.717) is 11.4 Å². The van der Waals surface area contributed by atoms with Crippen LogP contribution < -0.4 is 11.5 Å². The number of aromatic nitrogens is 1. The van der Waals surface area contributed by atoms with Crippen molar-refractivity contribution in [1.29, 1.82) is 26.3 Å². The van der Waals surface area contributed by atoms with Crippen molar-refractivity contribution in [2.75, 3.05) is 5.73 Å². The summed E-state index contributed by atoms with van der Waals surface area (Å²) in [6.45, 7) is 9.99. The average molecular weight is 380 g/mol. The summed E-state index contributed by atoms with van der Waals surface area (Å²) in [6.07, 6.45) is 1.18. The molecule has 1 heterocycles. The van der Waals surface area contributed by atoms with Crippen LogP contribution >= 0.6 is 0 Å². The molecule has 1 aromatic rings. The van der Waals surface area contributed by atoms with Gasteiger partial charge in [0.2, 0.25) is 5.88 Å². The molecule has 1 rings (SSSR count). The number of nitrogens with zero attached hydrogens (tertiary/aromatic N) is 6. The normalized spacial score (nSPS) is 10.8. The molecule has 0 aromatic carbocycles. The molecule has 4 N–H and O–H groups in total. The Kier molecular flexibility index (Phi) is 10.2. The predicted octanol–water partition coefficient (Wildman–Crippen LogP) is 3.02. The molecule has 0 aliphatic heterocycles. The van der Waals surface area contributed by atoms with Crippen molar-refractivity contribution in [2.24, 2.45) is 16.6 Å². The van der Waals surface area contributed by atoms with Gasteiger partial charge in [0.15, 0.2) is 0 Å². The average Bonchev–Trinajstić information content (AvgIpc) is 3.10. The van der Waals surface area contributed by atoms with Crippen LogP contribution in [-0.4, -0.2) is 5.16 Å². The Morgan fingerprint density at radius 2 is 1.46 bits per heavy atom. The molecule has 0 saturated heterocycles. The maximum Gasteiger partial charge on any atom is 0.222 e. The van der Waals surface area contributed by atoms with Crippen molar-refractivity contribution in [1.82, 2.24) is 5.16 Å². The van der Waals surface area contributed by atoms with Crippen molar-refractivity contribution >= 4 is 5.88 Å². The molecule has 0 spiro atoms. The zero-order chi connectivity index (χ0) is 22.6. The molecule has 146 valence electrons. The molecule has 0 atom stereocenters. The Morgan fingerprint density at radius 1 is 0.964 bits per heavy atom. The predicted molar refractivity (Wildman–Crippen MR) is 102 cm³/mol. The topological polar surface area (TPSA) is 197 Å². The Balaban J connectivity index is 0. The van der Waals surface area contributed by atoms with Crippen molar-refractivity contribution in [2.45, 2.75) is 47.0 Å². The quantitative estimate of drug-likeness (QED) is 0.724. The van der Waals surface area contributed by atoms with E-state index >= 15 is 0 Å². The third-order valence-electron chi connectivity index (χ3n) is 3.23. The lowest BCUT2D eigenvalue weighted by Gasteiger charge is -2.13. The van der Waals surface area contributed by atoms with Gasteiger partial charge in [-0.1, -0.05) is 5.16 Å². The fourth-order valence-corrected chi connectivity index (χ4v) is 0.981. The molecule has 0 aliphatic rings. The molecular formula is C19H24N8O. The smallest absolute Gasteiger partial charge is 0.222 e. The van der Waals surface area contributed by atoms with Gasteiger partial charge in [-0.2, -0.15) is 26.3 Å². The lowest BCUT2D eigenvalue weighted by atomic mass is 9.91. The Hall–Kier alpha value is -4.00. The zero-order valence-corrected chi connectivity index (χ0v) is 16.9. The van der Waals surface area contributed by atoms with Gasteiger partial charge in [-0.25, -0.2) is 0 Å². The van der Waals surface area contributed by atoms with Crippen LogP contribution in [0.3, 0.4) is 0 Å². The van der Waals surface area contributed by atoms with Crippen LogP contribution in [0.5, 0.6) is 0 Å². The van der Waals surface area contributed by atoms with E-state index in [9.17, 15) is 0 Å². The maximum absolute atomic E-state index is 8.68. The molecular weight excluding hydrogens is 356 g/mol. The standard InChI is InChI=1S/C7H9N3O.C7H9N3.C5H6N2/c1-7(2,4-8)5-3-6(9)11-10-5;1-7(2,5-9)6(10)3-4-8;1-5(2,3-6)4-7/h3H,9H2,1-2H3;3H,10H2,1-2H3;1-2H3/b;6-3-;. The van der Waals surface area contributed by atoms with E-state index in [1.54, 1.807) is 53.7 Å². The van der Waals surface area contributed by atoms with Gasteiger partial charge >= 0.3 is 0 Å². The molecule has 0 amide bonds. The van der Waals surface area contributed by atoms with E-state index in [1.807, 2.05) is 18.2 Å². The molecule has 0 radical (unpaired) electrons. The fraction of sp³-hybridized carbons (Fsp3) is 0.474. The summed E-state index contributed by atoms with van der Waals surface area (Å²) < 4.78 is 4.63. The number of nitriles is 5. The van der Waals surface area contributed by atoms with E-state index in [4.69, 9.17) is 37.8 Å². The van der Waals surface area contributed by atoms with Crippen LogP contribution in [0.2, 0.25) is 0 Å². The van der Waals surface area contributed by atoms with E-state index in [2.05, 4.69) is 15.7 Å². The SMILES string of the molecule is CC(C)(C#N)/C(N)=C/C#N.CC(C)(C#N)C#N.CC(C)(C#N)c1cc(N)on1. The van der Waals surface area contributed by atoms with Crippen LogP contribution in [0.15, 0.2) is 22.4 Å². The van der Waals surface area contributed by atoms with E-state index in [-0.39, 0.29) is 5.88 Å². The van der Waals surface area contributed by atoms with Crippen LogP contribution in [0, 0.1) is 67.5 Å². The highest BCUT2D eigenvalue weighted by Gasteiger charge is 2.23. The summed E-state index contributed by atoms with van der Waals surface area (Å²) in [4.78, 5) is 0. The fourth-order valence-electron chi connectivity index (χ4n) is 0.981. The largest absolute Gasteiger partial charge is 0.400 e. The molecule has 0 aliphatic carbocycles. The minimum atomic E-state index is -0.806. The third kappa shape index (κ3) is 9.47. The lowest BCUT2D eigenvalue weighted by molar-refractivity contribution is 0.415. The van der Waals surface area contributed by atoms with Gasteiger partial charge in [0, 0.05) is 17.8 Å². The first-order chi connectivity index (χ1) is 12.7. The van der Waals surface area contributed by atoms with Crippen LogP contribution in [0.4, 0.5) is 5.88 Å². The number of nitrogens with two attached hydrogens (primary N) is 2. The monoisotopic (exact) mass is 380 g/mol. The molecule has 0 bridgehead atoms. The number of nitrogen functional groups attached to an aromatic ring is 1. The molecule has 0 fully saturated rings. The van der Waals surface area contributed by atoms with E-state index in [1.165, 1.54) is 6.08 Å². The van der Waals surface area contributed by atoms with Crippen LogP contribution in [0.1, 0.15) is 47.2 Å².